The van der Waals surface area contributed by atoms with Crippen molar-refractivity contribution in [2.24, 2.45) is 0 Å². The minimum atomic E-state index is -0.695. The highest BCUT2D eigenvalue weighted by Gasteiger charge is 2.33. The average molecular weight is 292 g/mol. The van der Waals surface area contributed by atoms with Gasteiger partial charge in [0.05, 0.1) is 12.6 Å². The Balaban J connectivity index is 1.56. The standard InChI is InChI=1S/C16H21FN2O2/c17-12-3-1-11(2-4-12)15(20)9-19(14-7-8-14)10-16(21)18-13-5-6-13/h1-4,13-15,20H,5-10H2,(H,18,21). The highest BCUT2D eigenvalue weighted by molar-refractivity contribution is 5.78. The summed E-state index contributed by atoms with van der Waals surface area (Å²) in [4.78, 5) is 13.9. The van der Waals surface area contributed by atoms with E-state index in [1.807, 2.05) is 4.90 Å². The van der Waals surface area contributed by atoms with Crippen LogP contribution in [0.25, 0.3) is 0 Å². The van der Waals surface area contributed by atoms with Crippen molar-refractivity contribution < 1.29 is 14.3 Å². The summed E-state index contributed by atoms with van der Waals surface area (Å²) in [5.41, 5.74) is 0.685. The lowest BCUT2D eigenvalue weighted by Crippen LogP contribution is -2.41. The molecule has 114 valence electrons. The molecule has 4 nitrogen and oxygen atoms in total. The molecular weight excluding hydrogens is 271 g/mol. The molecule has 2 saturated carbocycles. The van der Waals surface area contributed by atoms with E-state index in [9.17, 15) is 14.3 Å². The van der Waals surface area contributed by atoms with Crippen molar-refractivity contribution >= 4 is 5.91 Å². The number of nitrogens with one attached hydrogen (secondary N) is 1. The third-order valence-corrected chi connectivity index (χ3v) is 4.01. The fraction of sp³-hybridized carbons (Fsp3) is 0.562. The van der Waals surface area contributed by atoms with Gasteiger partial charge >= 0.3 is 0 Å². The van der Waals surface area contributed by atoms with Crippen molar-refractivity contribution in [2.75, 3.05) is 13.1 Å². The lowest BCUT2D eigenvalue weighted by atomic mass is 10.1. The Kier molecular flexibility index (Phi) is 4.22. The maximum Gasteiger partial charge on any atom is 0.234 e. The van der Waals surface area contributed by atoms with E-state index in [1.54, 1.807) is 12.1 Å². The number of carbonyl (C=O) groups is 1. The summed E-state index contributed by atoms with van der Waals surface area (Å²) < 4.78 is 12.9. The van der Waals surface area contributed by atoms with Crippen LogP contribution in [0.15, 0.2) is 24.3 Å². The molecule has 2 aliphatic rings. The van der Waals surface area contributed by atoms with Crippen molar-refractivity contribution in [3.05, 3.63) is 35.6 Å². The lowest BCUT2D eigenvalue weighted by molar-refractivity contribution is -0.122. The zero-order valence-electron chi connectivity index (χ0n) is 12.0. The van der Waals surface area contributed by atoms with Gasteiger partial charge in [0.1, 0.15) is 5.82 Å². The average Bonchev–Trinajstić information content (AvgIpc) is 3.32. The first-order valence-electron chi connectivity index (χ1n) is 7.59. The maximum atomic E-state index is 12.9. The Bertz CT molecular complexity index is 498. The number of hydrogen-bond donors (Lipinski definition) is 2. The minimum Gasteiger partial charge on any atom is -0.387 e. The van der Waals surface area contributed by atoms with Gasteiger partial charge < -0.3 is 10.4 Å². The number of nitrogens with zero attached hydrogens (tertiary/aromatic N) is 1. The van der Waals surface area contributed by atoms with E-state index in [4.69, 9.17) is 0 Å². The molecule has 2 aliphatic carbocycles. The molecule has 0 spiro atoms. The van der Waals surface area contributed by atoms with Gasteiger partial charge in [-0.05, 0) is 43.4 Å². The Hall–Kier alpha value is -1.46. The largest absolute Gasteiger partial charge is 0.387 e. The summed E-state index contributed by atoms with van der Waals surface area (Å²) in [6, 6.07) is 6.63. The third-order valence-electron chi connectivity index (χ3n) is 4.01. The number of benzene rings is 1. The lowest BCUT2D eigenvalue weighted by Gasteiger charge is -2.24. The van der Waals surface area contributed by atoms with Gasteiger partial charge in [0.2, 0.25) is 5.91 Å². The molecule has 0 aromatic heterocycles. The van der Waals surface area contributed by atoms with E-state index in [0.29, 0.717) is 30.7 Å². The van der Waals surface area contributed by atoms with Gasteiger partial charge in [-0.2, -0.15) is 0 Å². The molecule has 0 heterocycles. The molecule has 3 rings (SSSR count). The highest BCUT2D eigenvalue weighted by atomic mass is 19.1. The van der Waals surface area contributed by atoms with Gasteiger partial charge in [0.15, 0.2) is 0 Å². The Morgan fingerprint density at radius 2 is 1.95 bits per heavy atom. The zero-order valence-corrected chi connectivity index (χ0v) is 12.0. The molecule has 2 N–H and O–H groups in total. The number of aliphatic hydroxyl groups is 1. The number of hydrogen-bond acceptors (Lipinski definition) is 3. The van der Waals surface area contributed by atoms with E-state index < -0.39 is 6.10 Å². The monoisotopic (exact) mass is 292 g/mol. The highest BCUT2D eigenvalue weighted by Crippen LogP contribution is 2.29. The van der Waals surface area contributed by atoms with Crippen LogP contribution in [0.4, 0.5) is 4.39 Å². The van der Waals surface area contributed by atoms with Gasteiger partial charge in [0.25, 0.3) is 0 Å². The molecule has 0 aliphatic heterocycles. The smallest absolute Gasteiger partial charge is 0.234 e. The van der Waals surface area contributed by atoms with Gasteiger partial charge in [0, 0.05) is 18.6 Å². The van der Waals surface area contributed by atoms with Crippen LogP contribution in [0.5, 0.6) is 0 Å². The molecule has 1 unspecified atom stereocenters. The van der Waals surface area contributed by atoms with Crippen LogP contribution in [-0.2, 0) is 4.79 Å². The second-order valence-corrected chi connectivity index (χ2v) is 6.07. The number of aliphatic hydroxyl groups excluding tert-OH is 1. The Morgan fingerprint density at radius 3 is 2.52 bits per heavy atom. The van der Waals surface area contributed by atoms with E-state index in [-0.39, 0.29) is 11.7 Å². The molecule has 0 radical (unpaired) electrons. The zero-order chi connectivity index (χ0) is 14.8. The van der Waals surface area contributed by atoms with Crippen LogP contribution >= 0.6 is 0 Å². The first-order valence-corrected chi connectivity index (χ1v) is 7.59. The summed E-state index contributed by atoms with van der Waals surface area (Å²) in [5.74, 6) is -0.274. The topological polar surface area (TPSA) is 52.6 Å². The van der Waals surface area contributed by atoms with Crippen molar-refractivity contribution in [3.8, 4) is 0 Å². The summed E-state index contributed by atoms with van der Waals surface area (Å²) in [6.07, 6.45) is 3.61. The van der Waals surface area contributed by atoms with Gasteiger partial charge in [-0.1, -0.05) is 12.1 Å². The first kappa shape index (κ1) is 14.5. The van der Waals surface area contributed by atoms with Gasteiger partial charge in [-0.25, -0.2) is 4.39 Å². The van der Waals surface area contributed by atoms with Crippen LogP contribution in [0, 0.1) is 5.82 Å². The number of amides is 1. The van der Waals surface area contributed by atoms with Gasteiger partial charge in [-0.15, -0.1) is 0 Å². The van der Waals surface area contributed by atoms with Gasteiger partial charge in [-0.3, -0.25) is 9.69 Å². The normalized spacial score (nSPS) is 19.6. The molecule has 0 saturated heterocycles. The van der Waals surface area contributed by atoms with Crippen molar-refractivity contribution in [1.29, 1.82) is 0 Å². The number of rotatable bonds is 7. The SMILES string of the molecule is O=C(CN(CC(O)c1ccc(F)cc1)C1CC1)NC1CC1. The summed E-state index contributed by atoms with van der Waals surface area (Å²) >= 11 is 0. The van der Waals surface area contributed by atoms with Crippen molar-refractivity contribution in [2.45, 2.75) is 43.9 Å². The molecule has 5 heteroatoms. The number of halogens is 1. The van der Waals surface area contributed by atoms with Crippen molar-refractivity contribution in [1.82, 2.24) is 10.2 Å². The van der Waals surface area contributed by atoms with E-state index in [0.717, 1.165) is 25.7 Å². The fourth-order valence-electron chi connectivity index (χ4n) is 2.48. The van der Waals surface area contributed by atoms with Crippen LogP contribution < -0.4 is 5.32 Å². The molecule has 1 atom stereocenters. The third kappa shape index (κ3) is 4.25. The second kappa shape index (κ2) is 6.12. The molecule has 1 amide bonds. The van der Waals surface area contributed by atoms with Crippen LogP contribution in [0.3, 0.4) is 0 Å². The summed E-state index contributed by atoms with van der Waals surface area (Å²) in [6.45, 7) is 0.744. The quantitative estimate of drug-likeness (QED) is 0.802. The molecule has 1 aromatic rings. The van der Waals surface area contributed by atoms with Crippen LogP contribution in [0.2, 0.25) is 0 Å². The van der Waals surface area contributed by atoms with E-state index in [1.165, 1.54) is 12.1 Å². The fourth-order valence-corrected chi connectivity index (χ4v) is 2.48. The molecular formula is C16H21FN2O2. The Morgan fingerprint density at radius 1 is 1.29 bits per heavy atom. The second-order valence-electron chi connectivity index (χ2n) is 6.07. The molecule has 2 fully saturated rings. The molecule has 0 bridgehead atoms. The predicted molar refractivity (Wildman–Crippen MR) is 77.1 cm³/mol. The molecule has 21 heavy (non-hydrogen) atoms. The number of carbonyl (C=O) groups excluding carboxylic acids is 1. The minimum absolute atomic E-state index is 0.0377. The molecule has 1 aromatic carbocycles. The first-order chi connectivity index (χ1) is 10.1. The van der Waals surface area contributed by atoms with Crippen LogP contribution in [-0.4, -0.2) is 41.1 Å². The van der Waals surface area contributed by atoms with E-state index >= 15 is 0 Å². The van der Waals surface area contributed by atoms with E-state index in [2.05, 4.69) is 5.32 Å². The predicted octanol–water partition coefficient (Wildman–Crippen LogP) is 1.60. The maximum absolute atomic E-state index is 12.9. The Labute approximate surface area is 124 Å². The summed E-state index contributed by atoms with van der Waals surface area (Å²) in [5, 5.41) is 13.2. The van der Waals surface area contributed by atoms with Crippen LogP contribution in [0.1, 0.15) is 37.4 Å². The summed E-state index contributed by atoms with van der Waals surface area (Å²) in [7, 11) is 0. The van der Waals surface area contributed by atoms with Crippen molar-refractivity contribution in [3.63, 3.8) is 0 Å².